The van der Waals surface area contributed by atoms with E-state index in [-0.39, 0.29) is 11.8 Å². The van der Waals surface area contributed by atoms with Crippen molar-refractivity contribution in [2.75, 3.05) is 20.4 Å². The molecule has 2 aliphatic rings. The van der Waals surface area contributed by atoms with Crippen LogP contribution in [0.4, 0.5) is 45.5 Å². The Hall–Kier alpha value is -5.36. The van der Waals surface area contributed by atoms with Crippen LogP contribution in [0.15, 0.2) is 121 Å². The summed E-state index contributed by atoms with van der Waals surface area (Å²) in [6.45, 7) is 0. The Bertz CT molecular complexity index is 1510. The molecule has 2 amide bonds. The van der Waals surface area contributed by atoms with Gasteiger partial charge in [0.2, 0.25) is 0 Å². The van der Waals surface area contributed by atoms with Crippen LogP contribution in [0, 0.1) is 0 Å². The van der Waals surface area contributed by atoms with E-state index in [4.69, 9.17) is 0 Å². The maximum absolute atomic E-state index is 13.8. The van der Waals surface area contributed by atoms with E-state index in [9.17, 15) is 9.59 Å². The second-order valence-corrected chi connectivity index (χ2v) is 9.18. The average Bonchev–Trinajstić information content (AvgIpc) is 2.98. The van der Waals surface area contributed by atoms with E-state index < -0.39 is 0 Å². The predicted molar refractivity (Wildman–Crippen MR) is 152 cm³/mol. The number of hydrogen-bond acceptors (Lipinski definition) is 4. The summed E-state index contributed by atoms with van der Waals surface area (Å²) < 4.78 is 0. The van der Waals surface area contributed by atoms with Crippen molar-refractivity contribution in [2.24, 2.45) is 0 Å². The second kappa shape index (κ2) is 8.64. The van der Waals surface area contributed by atoms with E-state index >= 15 is 0 Å². The Morgan fingerprint density at radius 3 is 0.947 bits per heavy atom. The molecule has 0 unspecified atom stereocenters. The van der Waals surface area contributed by atoms with Crippen LogP contribution in [0.1, 0.15) is 20.7 Å². The van der Waals surface area contributed by atoms with E-state index in [0.29, 0.717) is 11.1 Å². The van der Waals surface area contributed by atoms with Gasteiger partial charge in [-0.2, -0.15) is 0 Å². The quantitative estimate of drug-likeness (QED) is 0.263. The van der Waals surface area contributed by atoms with Gasteiger partial charge in [-0.25, -0.2) is 0 Å². The highest BCUT2D eigenvalue weighted by Gasteiger charge is 2.30. The number of para-hydroxylation sites is 8. The molecule has 5 aromatic carbocycles. The van der Waals surface area contributed by atoms with Gasteiger partial charge in [-0.3, -0.25) is 19.4 Å². The molecule has 2 heterocycles. The van der Waals surface area contributed by atoms with Gasteiger partial charge in [-0.15, -0.1) is 0 Å². The SMILES string of the molecule is O=C(c1ccc(C(=O)N2c3ccccc3Nc3ccccc32)cc1)N1c2ccccc2Nc2ccccc21. The summed E-state index contributed by atoms with van der Waals surface area (Å²) in [6, 6.07) is 37.8. The summed E-state index contributed by atoms with van der Waals surface area (Å²) in [7, 11) is 0. The van der Waals surface area contributed by atoms with Crippen LogP contribution in [0.3, 0.4) is 0 Å². The zero-order valence-corrected chi connectivity index (χ0v) is 20.3. The normalized spacial score (nSPS) is 12.7. The predicted octanol–water partition coefficient (Wildman–Crippen LogP) is 7.76. The Labute approximate surface area is 219 Å². The van der Waals surface area contributed by atoms with E-state index in [1.54, 1.807) is 34.1 Å². The molecule has 6 nitrogen and oxygen atoms in total. The van der Waals surface area contributed by atoms with E-state index in [0.717, 1.165) is 45.5 Å². The largest absolute Gasteiger partial charge is 0.352 e. The van der Waals surface area contributed by atoms with E-state index in [2.05, 4.69) is 10.6 Å². The highest BCUT2D eigenvalue weighted by Crippen LogP contribution is 2.45. The number of carbonyl (C=O) groups is 2. The molecule has 0 spiro atoms. The molecule has 2 N–H and O–H groups in total. The zero-order chi connectivity index (χ0) is 25.6. The van der Waals surface area contributed by atoms with Gasteiger partial charge in [-0.05, 0) is 72.8 Å². The number of rotatable bonds is 2. The fourth-order valence-corrected chi connectivity index (χ4v) is 5.10. The van der Waals surface area contributed by atoms with Crippen molar-refractivity contribution in [1.29, 1.82) is 0 Å². The Morgan fingerprint density at radius 2 is 0.658 bits per heavy atom. The fraction of sp³-hybridized carbons (Fsp3) is 0. The highest BCUT2D eigenvalue weighted by molar-refractivity contribution is 6.18. The number of anilines is 8. The summed E-state index contributed by atoms with van der Waals surface area (Å²) in [4.78, 5) is 31.1. The number of nitrogens with one attached hydrogen (secondary N) is 2. The fourth-order valence-electron chi connectivity index (χ4n) is 5.10. The highest BCUT2D eigenvalue weighted by atomic mass is 16.2. The summed E-state index contributed by atoms with van der Waals surface area (Å²) in [6.07, 6.45) is 0. The topological polar surface area (TPSA) is 64.7 Å². The minimum Gasteiger partial charge on any atom is -0.352 e. The molecule has 0 saturated carbocycles. The summed E-state index contributed by atoms with van der Waals surface area (Å²) in [5.74, 6) is -0.327. The summed E-state index contributed by atoms with van der Waals surface area (Å²) >= 11 is 0. The van der Waals surface area contributed by atoms with Crippen LogP contribution in [0.5, 0.6) is 0 Å². The molecule has 0 atom stereocenters. The molecular formula is C32H22N4O2. The first-order valence-corrected chi connectivity index (χ1v) is 12.4. The first-order valence-electron chi connectivity index (χ1n) is 12.4. The molecule has 0 saturated heterocycles. The zero-order valence-electron chi connectivity index (χ0n) is 20.3. The van der Waals surface area contributed by atoms with Gasteiger partial charge in [-0.1, -0.05) is 48.5 Å². The lowest BCUT2D eigenvalue weighted by Gasteiger charge is -2.33. The summed E-state index contributed by atoms with van der Waals surface area (Å²) in [5.41, 5.74) is 7.57. The lowest BCUT2D eigenvalue weighted by molar-refractivity contribution is 0.0988. The van der Waals surface area contributed by atoms with Gasteiger partial charge in [0.15, 0.2) is 0 Å². The third kappa shape index (κ3) is 3.43. The van der Waals surface area contributed by atoms with Crippen LogP contribution in [-0.2, 0) is 0 Å². The van der Waals surface area contributed by atoms with Gasteiger partial charge < -0.3 is 10.6 Å². The van der Waals surface area contributed by atoms with Crippen molar-refractivity contribution in [3.05, 3.63) is 132 Å². The number of carbonyl (C=O) groups excluding carboxylic acids is 2. The Balaban J connectivity index is 1.24. The average molecular weight is 495 g/mol. The third-order valence-corrected chi connectivity index (χ3v) is 6.90. The minimum atomic E-state index is -0.164. The minimum absolute atomic E-state index is 0.164. The molecule has 38 heavy (non-hydrogen) atoms. The molecule has 0 fully saturated rings. The Morgan fingerprint density at radius 1 is 0.395 bits per heavy atom. The lowest BCUT2D eigenvalue weighted by atomic mass is 10.0. The molecule has 182 valence electrons. The standard InChI is InChI=1S/C32H22N4O2/c37-31(35-27-13-5-1-9-23(27)33-24-10-2-6-14-28(24)35)21-17-19-22(20-18-21)32(38)36-29-15-7-3-11-25(29)34-26-12-4-8-16-30(26)36/h1-20,33-34H. The first-order chi connectivity index (χ1) is 18.7. The third-order valence-electron chi connectivity index (χ3n) is 6.90. The van der Waals surface area contributed by atoms with Crippen molar-refractivity contribution in [3.8, 4) is 0 Å². The number of fused-ring (bicyclic) bond motifs is 4. The number of amides is 2. The van der Waals surface area contributed by atoms with E-state index in [1.165, 1.54) is 0 Å². The van der Waals surface area contributed by atoms with Gasteiger partial charge >= 0.3 is 0 Å². The molecule has 7 rings (SSSR count). The number of nitrogens with zero attached hydrogens (tertiary/aromatic N) is 2. The number of hydrogen-bond donors (Lipinski definition) is 2. The van der Waals surface area contributed by atoms with Crippen LogP contribution in [0.2, 0.25) is 0 Å². The van der Waals surface area contributed by atoms with Crippen molar-refractivity contribution in [3.63, 3.8) is 0 Å². The molecule has 0 aliphatic carbocycles. The van der Waals surface area contributed by atoms with Crippen molar-refractivity contribution >= 4 is 57.3 Å². The smallest absolute Gasteiger partial charge is 0.262 e. The van der Waals surface area contributed by atoms with Crippen LogP contribution in [0.25, 0.3) is 0 Å². The van der Waals surface area contributed by atoms with Crippen molar-refractivity contribution in [1.82, 2.24) is 0 Å². The summed E-state index contributed by atoms with van der Waals surface area (Å²) in [5, 5.41) is 6.81. The number of benzene rings is 5. The first kappa shape index (κ1) is 21.9. The molecule has 5 aromatic rings. The van der Waals surface area contributed by atoms with Crippen LogP contribution >= 0.6 is 0 Å². The molecular weight excluding hydrogens is 472 g/mol. The Kier molecular flexibility index (Phi) is 4.97. The van der Waals surface area contributed by atoms with Gasteiger partial charge in [0.25, 0.3) is 11.8 Å². The molecule has 0 aromatic heterocycles. The van der Waals surface area contributed by atoms with Crippen LogP contribution in [-0.4, -0.2) is 11.8 Å². The van der Waals surface area contributed by atoms with E-state index in [1.807, 2.05) is 97.1 Å². The van der Waals surface area contributed by atoms with Crippen molar-refractivity contribution in [2.45, 2.75) is 0 Å². The lowest BCUT2D eigenvalue weighted by Crippen LogP contribution is -2.30. The second-order valence-electron chi connectivity index (χ2n) is 9.18. The molecule has 0 bridgehead atoms. The monoisotopic (exact) mass is 494 g/mol. The molecule has 2 aliphatic heterocycles. The maximum atomic E-state index is 13.8. The molecule has 0 radical (unpaired) electrons. The maximum Gasteiger partial charge on any atom is 0.262 e. The van der Waals surface area contributed by atoms with Gasteiger partial charge in [0, 0.05) is 11.1 Å². The van der Waals surface area contributed by atoms with Crippen LogP contribution < -0.4 is 20.4 Å². The molecule has 6 heteroatoms. The van der Waals surface area contributed by atoms with Crippen molar-refractivity contribution < 1.29 is 9.59 Å². The van der Waals surface area contributed by atoms with Gasteiger partial charge in [0.1, 0.15) is 0 Å². The van der Waals surface area contributed by atoms with Gasteiger partial charge in [0.05, 0.1) is 45.5 Å².